The molecule has 3 nitrogen and oxygen atoms in total. The minimum Gasteiger partial charge on any atom is -0.366 e. The fourth-order valence-electron chi connectivity index (χ4n) is 4.11. The summed E-state index contributed by atoms with van der Waals surface area (Å²) in [4.78, 5) is 4.76. The largest absolute Gasteiger partial charge is 0.366 e. The van der Waals surface area contributed by atoms with E-state index in [9.17, 15) is 5.26 Å². The van der Waals surface area contributed by atoms with Gasteiger partial charge in [0.15, 0.2) is 0 Å². The van der Waals surface area contributed by atoms with Crippen molar-refractivity contribution in [1.29, 1.82) is 0 Å². The highest BCUT2D eigenvalue weighted by Gasteiger charge is 2.63. The molecule has 1 aliphatic heterocycles. The van der Waals surface area contributed by atoms with Gasteiger partial charge in [-0.15, -0.1) is 0 Å². The van der Waals surface area contributed by atoms with Crippen LogP contribution in [0.25, 0.3) is 0 Å². The fraction of sp³-hybridized carbons (Fsp3) is 0.867. The minimum absolute atomic E-state index is 0.108. The quantitative estimate of drug-likeness (QED) is 0.336. The molecule has 0 unspecified atom stereocenters. The van der Waals surface area contributed by atoms with E-state index >= 15 is 0 Å². The highest BCUT2D eigenvalue weighted by atomic mass is 17.1. The van der Waals surface area contributed by atoms with Crippen molar-refractivity contribution in [2.24, 2.45) is 17.3 Å². The topological polar surface area (TPSA) is 42.0 Å². The third-order valence-corrected chi connectivity index (χ3v) is 5.70. The second kappa shape index (κ2) is 3.81. The molecule has 1 heterocycles. The molecule has 0 amide bonds. The molecule has 3 heteroatoms. The zero-order valence-electron chi connectivity index (χ0n) is 11.6. The molecule has 0 bridgehead atoms. The molecular formula is C15H24O3. The Morgan fingerprint density at radius 2 is 2.06 bits per heavy atom. The Hall–Kier alpha value is -0.380. The van der Waals surface area contributed by atoms with Crippen LogP contribution < -0.4 is 0 Å². The maximum absolute atomic E-state index is 9.20. The van der Waals surface area contributed by atoms with Crippen molar-refractivity contribution >= 4 is 0 Å². The molecule has 3 fully saturated rings. The zero-order chi connectivity index (χ0) is 13.1. The molecule has 0 spiro atoms. The fourth-order valence-corrected chi connectivity index (χ4v) is 4.11. The predicted molar refractivity (Wildman–Crippen MR) is 69.1 cm³/mol. The SMILES string of the molecule is C=C1CC[C@@H]2O[C@]2(C)CC[C@@H]2[C@@H]([C@H]1OO)C2(C)C. The van der Waals surface area contributed by atoms with Crippen LogP contribution in [0.3, 0.4) is 0 Å². The van der Waals surface area contributed by atoms with E-state index in [1.54, 1.807) is 0 Å². The first-order chi connectivity index (χ1) is 8.40. The zero-order valence-corrected chi connectivity index (χ0v) is 11.6. The molecule has 1 saturated heterocycles. The van der Waals surface area contributed by atoms with Crippen LogP contribution in [0.15, 0.2) is 12.2 Å². The smallest absolute Gasteiger partial charge is 0.117 e. The van der Waals surface area contributed by atoms with E-state index < -0.39 is 0 Å². The summed E-state index contributed by atoms with van der Waals surface area (Å²) in [7, 11) is 0. The van der Waals surface area contributed by atoms with E-state index in [2.05, 4.69) is 27.4 Å². The van der Waals surface area contributed by atoms with Gasteiger partial charge in [-0.25, -0.2) is 4.89 Å². The van der Waals surface area contributed by atoms with Gasteiger partial charge in [0.1, 0.15) is 6.10 Å². The van der Waals surface area contributed by atoms with Gasteiger partial charge in [0.05, 0.1) is 11.7 Å². The summed E-state index contributed by atoms with van der Waals surface area (Å²) < 4.78 is 5.84. The Balaban J connectivity index is 1.80. The number of hydrogen-bond donors (Lipinski definition) is 1. The van der Waals surface area contributed by atoms with E-state index in [1.807, 2.05) is 0 Å². The van der Waals surface area contributed by atoms with Gasteiger partial charge in [-0.2, -0.15) is 0 Å². The lowest BCUT2D eigenvalue weighted by Gasteiger charge is -2.18. The van der Waals surface area contributed by atoms with Crippen molar-refractivity contribution in [1.82, 2.24) is 0 Å². The van der Waals surface area contributed by atoms with Gasteiger partial charge in [0.2, 0.25) is 0 Å². The average Bonchev–Trinajstić information content (AvgIpc) is 3.11. The Morgan fingerprint density at radius 1 is 1.33 bits per heavy atom. The van der Waals surface area contributed by atoms with Crippen LogP contribution in [0.5, 0.6) is 0 Å². The number of rotatable bonds is 1. The minimum atomic E-state index is -0.187. The van der Waals surface area contributed by atoms with Gasteiger partial charge >= 0.3 is 0 Å². The second-order valence-electron chi connectivity index (χ2n) is 7.13. The third-order valence-electron chi connectivity index (χ3n) is 5.70. The standard InChI is InChI=1S/C15H24O3/c1-9-5-6-11-15(4,17-11)8-7-10-12(13(9)18-16)14(10,2)3/h10-13,16H,1,5-8H2,2-4H3/t10-,11+,12+,13+,15-/m1/s1. The molecule has 1 N–H and O–H groups in total. The number of ether oxygens (including phenoxy) is 1. The lowest BCUT2D eigenvalue weighted by Crippen LogP contribution is -2.21. The maximum atomic E-state index is 9.20. The number of epoxide rings is 1. The molecule has 0 aromatic rings. The molecular weight excluding hydrogens is 228 g/mol. The molecule has 0 aromatic heterocycles. The average molecular weight is 252 g/mol. The normalized spacial score (nSPS) is 50.1. The van der Waals surface area contributed by atoms with E-state index in [1.165, 1.54) is 0 Å². The van der Waals surface area contributed by atoms with E-state index in [0.717, 1.165) is 31.3 Å². The third kappa shape index (κ3) is 1.75. The summed E-state index contributed by atoms with van der Waals surface area (Å²) in [5, 5.41) is 9.20. The van der Waals surface area contributed by atoms with Gasteiger partial charge in [-0.05, 0) is 49.5 Å². The maximum Gasteiger partial charge on any atom is 0.117 e. The summed E-state index contributed by atoms with van der Waals surface area (Å²) in [5.41, 5.74) is 1.38. The first-order valence-electron chi connectivity index (χ1n) is 7.06. The highest BCUT2D eigenvalue weighted by Crippen LogP contribution is 2.65. The van der Waals surface area contributed by atoms with Crippen molar-refractivity contribution in [2.45, 2.75) is 64.3 Å². The van der Waals surface area contributed by atoms with Crippen molar-refractivity contribution < 1.29 is 14.9 Å². The van der Waals surface area contributed by atoms with Gasteiger partial charge in [-0.3, -0.25) is 5.26 Å². The van der Waals surface area contributed by atoms with Crippen LogP contribution >= 0.6 is 0 Å². The van der Waals surface area contributed by atoms with Gasteiger partial charge in [-0.1, -0.05) is 20.4 Å². The van der Waals surface area contributed by atoms with Crippen LogP contribution in [0.4, 0.5) is 0 Å². The van der Waals surface area contributed by atoms with Crippen molar-refractivity contribution in [2.75, 3.05) is 0 Å². The predicted octanol–water partition coefficient (Wildman–Crippen LogP) is 3.40. The van der Waals surface area contributed by atoms with E-state index in [-0.39, 0.29) is 17.1 Å². The molecule has 102 valence electrons. The van der Waals surface area contributed by atoms with Gasteiger partial charge in [0, 0.05) is 5.92 Å². The lowest BCUT2D eigenvalue weighted by atomic mass is 9.91. The van der Waals surface area contributed by atoms with E-state index in [0.29, 0.717) is 17.9 Å². The van der Waals surface area contributed by atoms with Crippen molar-refractivity contribution in [3.8, 4) is 0 Å². The molecule has 0 radical (unpaired) electrons. The molecule has 3 aliphatic rings. The Bertz CT molecular complexity index is 376. The lowest BCUT2D eigenvalue weighted by molar-refractivity contribution is -0.276. The Labute approximate surface area is 109 Å². The Morgan fingerprint density at radius 3 is 2.72 bits per heavy atom. The monoisotopic (exact) mass is 252 g/mol. The number of hydrogen-bond acceptors (Lipinski definition) is 3. The van der Waals surface area contributed by atoms with Crippen LogP contribution in [0, 0.1) is 17.3 Å². The molecule has 5 atom stereocenters. The molecule has 3 rings (SSSR count). The van der Waals surface area contributed by atoms with Crippen LogP contribution in [0.2, 0.25) is 0 Å². The van der Waals surface area contributed by atoms with Crippen LogP contribution in [0.1, 0.15) is 46.5 Å². The second-order valence-corrected chi connectivity index (χ2v) is 7.13. The summed E-state index contributed by atoms with van der Waals surface area (Å²) >= 11 is 0. The molecule has 2 saturated carbocycles. The molecule has 2 aliphatic carbocycles. The Kier molecular flexibility index (Phi) is 2.68. The number of fused-ring (bicyclic) bond motifs is 2. The van der Waals surface area contributed by atoms with Crippen LogP contribution in [-0.4, -0.2) is 23.1 Å². The van der Waals surface area contributed by atoms with Crippen LogP contribution in [-0.2, 0) is 9.62 Å². The molecule has 0 aromatic carbocycles. The summed E-state index contributed by atoms with van der Waals surface area (Å²) in [6.07, 6.45) is 4.39. The van der Waals surface area contributed by atoms with Crippen molar-refractivity contribution in [3.63, 3.8) is 0 Å². The summed E-state index contributed by atoms with van der Waals surface area (Å²) in [6.45, 7) is 10.9. The van der Waals surface area contributed by atoms with E-state index in [4.69, 9.17) is 9.62 Å². The van der Waals surface area contributed by atoms with Gasteiger partial charge < -0.3 is 4.74 Å². The van der Waals surface area contributed by atoms with Gasteiger partial charge in [0.25, 0.3) is 0 Å². The summed E-state index contributed by atoms with van der Waals surface area (Å²) in [6, 6.07) is 0. The first-order valence-corrected chi connectivity index (χ1v) is 7.06. The van der Waals surface area contributed by atoms with Crippen molar-refractivity contribution in [3.05, 3.63) is 12.2 Å². The molecule has 18 heavy (non-hydrogen) atoms. The highest BCUT2D eigenvalue weighted by molar-refractivity contribution is 5.19. The summed E-state index contributed by atoms with van der Waals surface area (Å²) in [5.74, 6) is 1.03. The first kappa shape index (κ1) is 12.6.